The fourth-order valence-electron chi connectivity index (χ4n) is 5.99. The fourth-order valence-corrected chi connectivity index (χ4v) is 6.90. The number of aliphatic hydroxyl groups excluding tert-OH is 1. The number of tetrazole rings is 1. The number of carbonyl (C=O) groups is 1. The second-order valence-electron chi connectivity index (χ2n) is 12.3. The Hall–Kier alpha value is -5.48. The molecule has 0 saturated carbocycles. The van der Waals surface area contributed by atoms with Crippen molar-refractivity contribution in [3.8, 4) is 16.8 Å². The molecule has 6 aromatic rings. The van der Waals surface area contributed by atoms with E-state index in [2.05, 4.69) is 20.8 Å². The van der Waals surface area contributed by atoms with Crippen molar-refractivity contribution in [1.29, 1.82) is 0 Å². The predicted molar refractivity (Wildman–Crippen MR) is 188 cm³/mol. The highest BCUT2D eigenvalue weighted by Gasteiger charge is 2.33. The normalized spacial score (nSPS) is 17.0. The maximum Gasteiger partial charge on any atom is 0.257 e. The smallest absolute Gasteiger partial charge is 0.257 e. The van der Waals surface area contributed by atoms with E-state index >= 15 is 0 Å². The van der Waals surface area contributed by atoms with Crippen LogP contribution in [0.5, 0.6) is 0 Å². The van der Waals surface area contributed by atoms with Crippen LogP contribution < -0.4 is 5.32 Å². The molecule has 0 bridgehead atoms. The van der Waals surface area contributed by atoms with Crippen LogP contribution in [0.4, 0.5) is 22.0 Å². The molecule has 9 nitrogen and oxygen atoms in total. The molecule has 1 aromatic heterocycles. The van der Waals surface area contributed by atoms with E-state index in [1.165, 1.54) is 11.8 Å². The summed E-state index contributed by atoms with van der Waals surface area (Å²) < 4.78 is 84.0. The number of halogens is 5. The van der Waals surface area contributed by atoms with Gasteiger partial charge in [0.1, 0.15) is 5.56 Å². The van der Waals surface area contributed by atoms with Crippen LogP contribution in [-0.2, 0) is 22.6 Å². The van der Waals surface area contributed by atoms with Crippen molar-refractivity contribution in [2.75, 3.05) is 5.75 Å². The Balaban J connectivity index is 1.10. The van der Waals surface area contributed by atoms with Crippen molar-refractivity contribution in [2.24, 2.45) is 0 Å². The van der Waals surface area contributed by atoms with E-state index in [-0.39, 0.29) is 25.4 Å². The number of nitrogens with one attached hydrogen (secondary N) is 1. The van der Waals surface area contributed by atoms with E-state index in [1.807, 2.05) is 84.9 Å². The van der Waals surface area contributed by atoms with Gasteiger partial charge in [-0.05, 0) is 62.5 Å². The molecule has 0 aliphatic carbocycles. The quantitative estimate of drug-likeness (QED) is 0.0597. The van der Waals surface area contributed by atoms with E-state index in [0.29, 0.717) is 28.5 Å². The summed E-state index contributed by atoms with van der Waals surface area (Å²) in [5, 5.41) is 24.6. The molecule has 1 saturated heterocycles. The number of hydrogen-bond donors (Lipinski definition) is 2. The van der Waals surface area contributed by atoms with E-state index in [9.17, 15) is 31.9 Å². The van der Waals surface area contributed by atoms with Crippen LogP contribution in [0.15, 0.2) is 108 Å². The van der Waals surface area contributed by atoms with Crippen LogP contribution in [0.25, 0.3) is 16.8 Å². The molecule has 2 heterocycles. The zero-order chi connectivity index (χ0) is 37.8. The summed E-state index contributed by atoms with van der Waals surface area (Å²) in [6.45, 7) is -0.344. The van der Waals surface area contributed by atoms with Gasteiger partial charge in [0.15, 0.2) is 29.6 Å². The molecule has 276 valence electrons. The number of hydrogen-bond acceptors (Lipinski definition) is 8. The third-order valence-corrected chi connectivity index (χ3v) is 9.82. The lowest BCUT2D eigenvalue weighted by molar-refractivity contribution is -0.245. The molecule has 2 N–H and O–H groups in total. The van der Waals surface area contributed by atoms with Crippen LogP contribution in [0, 0.1) is 29.1 Å². The molecule has 1 fully saturated rings. The topological polar surface area (TPSA) is 111 Å². The molecule has 0 spiro atoms. The monoisotopic (exact) mass is 759 g/mol. The summed E-state index contributed by atoms with van der Waals surface area (Å²) in [4.78, 5) is 12.5. The van der Waals surface area contributed by atoms with Gasteiger partial charge in [-0.15, -0.1) is 5.10 Å². The molecular weight excluding hydrogens is 730 g/mol. The van der Waals surface area contributed by atoms with Crippen LogP contribution in [0.2, 0.25) is 0 Å². The van der Waals surface area contributed by atoms with Gasteiger partial charge in [0, 0.05) is 24.3 Å². The number of benzene rings is 5. The van der Waals surface area contributed by atoms with Gasteiger partial charge in [-0.3, -0.25) is 4.79 Å². The Bertz CT molecular complexity index is 2250. The van der Waals surface area contributed by atoms with Gasteiger partial charge in [-0.2, -0.15) is 4.68 Å². The second-order valence-corrected chi connectivity index (χ2v) is 13.3. The highest BCUT2D eigenvalue weighted by atomic mass is 32.2. The predicted octanol–water partition coefficient (Wildman–Crippen LogP) is 7.78. The Labute approximate surface area is 309 Å². The molecule has 0 radical (unpaired) electrons. The van der Waals surface area contributed by atoms with Gasteiger partial charge in [0.2, 0.25) is 11.0 Å². The number of carbonyl (C=O) groups excluding carboxylic acids is 1. The largest absolute Gasteiger partial charge is 0.392 e. The first-order valence-corrected chi connectivity index (χ1v) is 17.6. The lowest BCUT2D eigenvalue weighted by Gasteiger charge is -2.36. The average molecular weight is 760 g/mol. The number of nitrogens with zero attached hydrogens (tertiary/aromatic N) is 4. The maximum absolute atomic E-state index is 14.2. The highest BCUT2D eigenvalue weighted by Crippen LogP contribution is 2.40. The van der Waals surface area contributed by atoms with Crippen molar-refractivity contribution in [3.05, 3.63) is 160 Å². The van der Waals surface area contributed by atoms with E-state index in [4.69, 9.17) is 9.47 Å². The van der Waals surface area contributed by atoms with Crippen LogP contribution in [0.1, 0.15) is 51.4 Å². The van der Waals surface area contributed by atoms with Crippen molar-refractivity contribution >= 4 is 17.7 Å². The SMILES string of the molecule is O=C(NCc1cccc(-c2cccc(C3OC(CSc4nnnn4-c4ccccc4)CC(c4ccc(CO)cc4)O3)c2)c1)c1c(F)c(F)c(F)c(F)c1F. The average Bonchev–Trinajstić information content (AvgIpc) is 3.70. The number of para-hydroxylation sites is 1. The van der Waals surface area contributed by atoms with Gasteiger partial charge < -0.3 is 19.9 Å². The second kappa shape index (κ2) is 16.3. The zero-order valence-corrected chi connectivity index (χ0v) is 29.0. The minimum Gasteiger partial charge on any atom is -0.392 e. The third kappa shape index (κ3) is 7.89. The number of thioether (sulfide) groups is 1. The summed E-state index contributed by atoms with van der Waals surface area (Å²) in [5.41, 5.74) is 3.65. The summed E-state index contributed by atoms with van der Waals surface area (Å²) in [6.07, 6.45) is -0.875. The van der Waals surface area contributed by atoms with E-state index in [0.717, 1.165) is 27.9 Å². The van der Waals surface area contributed by atoms with E-state index in [1.54, 1.807) is 22.9 Å². The van der Waals surface area contributed by atoms with E-state index < -0.39 is 46.8 Å². The highest BCUT2D eigenvalue weighted by molar-refractivity contribution is 7.99. The molecule has 15 heteroatoms. The first-order valence-electron chi connectivity index (χ1n) is 16.7. The molecule has 7 rings (SSSR count). The Morgan fingerprint density at radius 2 is 1.46 bits per heavy atom. The molecular formula is C39H30F5N5O4S. The molecule has 1 aliphatic rings. The lowest BCUT2D eigenvalue weighted by atomic mass is 9.99. The summed E-state index contributed by atoms with van der Waals surface area (Å²) >= 11 is 1.45. The minimum absolute atomic E-state index is 0.0847. The van der Waals surface area contributed by atoms with Gasteiger partial charge in [0.05, 0.1) is 24.5 Å². The number of rotatable bonds is 11. The van der Waals surface area contributed by atoms with Gasteiger partial charge >= 0.3 is 0 Å². The maximum atomic E-state index is 14.2. The number of ether oxygens (including phenoxy) is 2. The van der Waals surface area contributed by atoms with Crippen molar-refractivity contribution in [1.82, 2.24) is 25.5 Å². The van der Waals surface area contributed by atoms with Crippen molar-refractivity contribution in [3.63, 3.8) is 0 Å². The molecule has 3 atom stereocenters. The zero-order valence-electron chi connectivity index (χ0n) is 28.1. The summed E-state index contributed by atoms with van der Waals surface area (Å²) in [6, 6.07) is 31.4. The molecule has 3 unspecified atom stereocenters. The summed E-state index contributed by atoms with van der Waals surface area (Å²) in [5.74, 6) is -12.1. The number of aliphatic hydroxyl groups is 1. The van der Waals surface area contributed by atoms with Crippen molar-refractivity contribution < 1.29 is 41.3 Å². The van der Waals surface area contributed by atoms with Crippen LogP contribution in [-0.4, -0.2) is 43.1 Å². The first kappa shape index (κ1) is 36.9. The van der Waals surface area contributed by atoms with Gasteiger partial charge in [-0.25, -0.2) is 22.0 Å². The lowest BCUT2D eigenvalue weighted by Crippen LogP contribution is -2.31. The fraction of sp³-hybridized carbons (Fsp3) is 0.179. The first-order chi connectivity index (χ1) is 26.2. The van der Waals surface area contributed by atoms with Gasteiger partial charge in [-0.1, -0.05) is 90.6 Å². The van der Waals surface area contributed by atoms with Gasteiger partial charge in [0.25, 0.3) is 5.91 Å². The molecule has 54 heavy (non-hydrogen) atoms. The van der Waals surface area contributed by atoms with Crippen LogP contribution >= 0.6 is 11.8 Å². The molecule has 1 aliphatic heterocycles. The third-order valence-electron chi connectivity index (χ3n) is 8.76. The Morgan fingerprint density at radius 3 is 2.19 bits per heavy atom. The number of aromatic nitrogens is 4. The van der Waals surface area contributed by atoms with Crippen LogP contribution in [0.3, 0.4) is 0 Å². The summed E-state index contributed by atoms with van der Waals surface area (Å²) in [7, 11) is 0. The number of amides is 1. The molecule has 1 amide bonds. The standard InChI is InChI=1S/C39H30F5N5O4S/c40-32-31(33(41)35(43)36(44)34(32)42)37(51)45-19-23-6-4-7-25(16-23)26-8-5-9-27(17-26)38-52-29(18-30(53-38)24-14-12-22(20-50)13-15-24)21-54-39-46-47-48-49(39)28-10-2-1-3-11-28/h1-17,29-30,38,50H,18-21H2,(H,45,51). The van der Waals surface area contributed by atoms with Crippen molar-refractivity contribution in [2.45, 2.75) is 43.2 Å². The minimum atomic E-state index is -2.34. The Morgan fingerprint density at radius 1 is 0.778 bits per heavy atom. The molecule has 5 aromatic carbocycles. The Kier molecular flexibility index (Phi) is 11.1.